The quantitative estimate of drug-likeness (QED) is 0.424. The molecular weight excluding hydrogens is 355 g/mol. The Morgan fingerprint density at radius 3 is 2.35 bits per heavy atom. The molecule has 0 saturated heterocycles. The summed E-state index contributed by atoms with van der Waals surface area (Å²) in [6, 6.07) is 19.3. The first kappa shape index (κ1) is 15.1. The van der Waals surface area contributed by atoms with Gasteiger partial charge in [0.2, 0.25) is 3.57 Å². The summed E-state index contributed by atoms with van der Waals surface area (Å²) in [6.07, 6.45) is 5.09. The van der Waals surface area contributed by atoms with Gasteiger partial charge >= 0.3 is 21.2 Å². The second kappa shape index (κ2) is 8.81. The minimum absolute atomic E-state index is 0.180. The number of halogens is 1. The van der Waals surface area contributed by atoms with E-state index >= 15 is 0 Å². The van der Waals surface area contributed by atoms with Gasteiger partial charge in [0.1, 0.15) is 0 Å². The Labute approximate surface area is 132 Å². The van der Waals surface area contributed by atoms with Gasteiger partial charge in [0.05, 0.1) is 0 Å². The molecular formula is C19H20I+. The van der Waals surface area contributed by atoms with Crippen molar-refractivity contribution in [1.29, 1.82) is 0 Å². The molecule has 1 heteroatoms. The summed E-state index contributed by atoms with van der Waals surface area (Å²) in [5.41, 5.74) is 2.57. The van der Waals surface area contributed by atoms with Crippen LogP contribution in [0.1, 0.15) is 37.3 Å². The van der Waals surface area contributed by atoms with Crippen molar-refractivity contribution >= 4 is 0 Å². The third kappa shape index (κ3) is 5.38. The van der Waals surface area contributed by atoms with Gasteiger partial charge in [0, 0.05) is 5.56 Å². The fourth-order valence-corrected chi connectivity index (χ4v) is 3.48. The fraction of sp³-hybridized carbons (Fsp3) is 0.263. The first-order valence-corrected chi connectivity index (χ1v) is 9.33. The van der Waals surface area contributed by atoms with Crippen molar-refractivity contribution in [2.75, 3.05) is 0 Å². The average Bonchev–Trinajstić information content (AvgIpc) is 2.50. The summed E-state index contributed by atoms with van der Waals surface area (Å²) in [4.78, 5) is 0. The smallest absolute Gasteiger partial charge is 0.0654 e. The maximum Gasteiger partial charge on any atom is 0.420 e. The first-order valence-electron chi connectivity index (χ1n) is 7.17. The Morgan fingerprint density at radius 1 is 0.900 bits per heavy atom. The van der Waals surface area contributed by atoms with Crippen LogP contribution >= 0.6 is 0 Å². The van der Waals surface area contributed by atoms with E-state index in [4.69, 9.17) is 0 Å². The van der Waals surface area contributed by atoms with Gasteiger partial charge in [-0.3, -0.25) is 0 Å². The highest BCUT2D eigenvalue weighted by molar-refractivity contribution is 5.35. The van der Waals surface area contributed by atoms with Gasteiger partial charge in [0.15, 0.2) is 3.93 Å². The van der Waals surface area contributed by atoms with Crippen molar-refractivity contribution in [3.05, 3.63) is 69.3 Å². The molecule has 2 rings (SSSR count). The van der Waals surface area contributed by atoms with Gasteiger partial charge < -0.3 is 0 Å². The maximum absolute atomic E-state index is 3.35. The molecule has 0 aliphatic carbocycles. The molecule has 0 aliphatic rings. The summed E-state index contributed by atoms with van der Waals surface area (Å²) in [5.74, 6) is 3.29. The van der Waals surface area contributed by atoms with Crippen LogP contribution in [-0.4, -0.2) is 0 Å². The van der Waals surface area contributed by atoms with Crippen LogP contribution in [0, 0.1) is 13.4 Å². The van der Waals surface area contributed by atoms with Crippen molar-refractivity contribution in [1.82, 2.24) is 0 Å². The van der Waals surface area contributed by atoms with Crippen LogP contribution in [0.3, 0.4) is 0 Å². The minimum atomic E-state index is -0.180. The second-order valence-corrected chi connectivity index (χ2v) is 7.09. The predicted molar refractivity (Wildman–Crippen MR) is 81.7 cm³/mol. The van der Waals surface area contributed by atoms with Gasteiger partial charge in [0.25, 0.3) is 0 Å². The van der Waals surface area contributed by atoms with E-state index in [1.54, 1.807) is 0 Å². The van der Waals surface area contributed by atoms with Crippen LogP contribution in [0.2, 0.25) is 0 Å². The number of hydrogen-bond acceptors (Lipinski definition) is 0. The molecule has 0 heterocycles. The molecule has 0 bridgehead atoms. The summed E-state index contributed by atoms with van der Waals surface area (Å²) >= 11 is -0.180. The van der Waals surface area contributed by atoms with Gasteiger partial charge in [-0.2, -0.15) is 0 Å². The number of aryl methyl sites for hydroxylation is 1. The Balaban J connectivity index is 1.88. The Kier molecular flexibility index (Phi) is 6.66. The maximum atomic E-state index is 3.35. The molecule has 0 nitrogen and oxygen atoms in total. The number of benzene rings is 2. The normalized spacial score (nSPS) is 9.85. The number of hydrogen-bond donors (Lipinski definition) is 0. The molecule has 0 aliphatic heterocycles. The summed E-state index contributed by atoms with van der Waals surface area (Å²) < 4.78 is 4.73. The molecule has 0 spiro atoms. The van der Waals surface area contributed by atoms with Crippen molar-refractivity contribution in [3.8, 4) is 9.85 Å². The van der Waals surface area contributed by atoms with Crippen LogP contribution < -0.4 is 21.2 Å². The molecule has 2 aromatic carbocycles. The van der Waals surface area contributed by atoms with Crippen LogP contribution in [0.15, 0.2) is 54.6 Å². The zero-order valence-corrected chi connectivity index (χ0v) is 14.1. The van der Waals surface area contributed by atoms with E-state index in [0.29, 0.717) is 0 Å². The summed E-state index contributed by atoms with van der Waals surface area (Å²) in [5, 5.41) is 0. The Bertz CT molecular complexity index is 558. The lowest BCUT2D eigenvalue weighted by Crippen LogP contribution is -3.59. The van der Waals surface area contributed by atoms with Gasteiger partial charge in [-0.05, 0) is 48.6 Å². The molecule has 2 aromatic rings. The van der Waals surface area contributed by atoms with Gasteiger partial charge in [-0.15, -0.1) is 0 Å². The largest absolute Gasteiger partial charge is 0.420 e. The number of rotatable bonds is 5. The fourth-order valence-electron chi connectivity index (χ4n) is 1.94. The van der Waals surface area contributed by atoms with E-state index in [-0.39, 0.29) is 21.2 Å². The lowest BCUT2D eigenvalue weighted by molar-refractivity contribution is -0.535. The van der Waals surface area contributed by atoms with Crippen molar-refractivity contribution < 1.29 is 21.2 Å². The standard InChI is InChI=1S/C19H20I/c1-2-3-5-8-17-11-13-18(14-12-17)15-16-20-19-9-6-4-7-10-19/h4,6-7,9-14H,2-3,5,8H2,1H3/q+1. The van der Waals surface area contributed by atoms with E-state index in [9.17, 15) is 0 Å². The molecule has 0 amide bonds. The van der Waals surface area contributed by atoms with E-state index in [1.807, 2.05) is 0 Å². The average molecular weight is 375 g/mol. The topological polar surface area (TPSA) is 0 Å². The predicted octanol–water partition coefficient (Wildman–Crippen LogP) is 1.69. The van der Waals surface area contributed by atoms with Gasteiger partial charge in [-0.1, -0.05) is 50.1 Å². The molecule has 20 heavy (non-hydrogen) atoms. The SMILES string of the molecule is CCCCCc1ccc(C#C[I+]c2ccccc2)cc1. The molecule has 102 valence electrons. The third-order valence-electron chi connectivity index (χ3n) is 3.10. The van der Waals surface area contributed by atoms with Crippen molar-refractivity contribution in [2.24, 2.45) is 0 Å². The third-order valence-corrected chi connectivity index (χ3v) is 4.99. The monoisotopic (exact) mass is 375 g/mol. The second-order valence-electron chi connectivity index (χ2n) is 4.76. The minimum Gasteiger partial charge on any atom is -0.0654 e. The van der Waals surface area contributed by atoms with Crippen LogP contribution in [0.4, 0.5) is 0 Å². The zero-order chi connectivity index (χ0) is 14.0. The molecule has 0 aromatic heterocycles. The lowest BCUT2D eigenvalue weighted by atomic mass is 10.1. The molecule has 0 atom stereocenters. The molecule has 0 fully saturated rings. The summed E-state index contributed by atoms with van der Waals surface area (Å²) in [6.45, 7) is 2.24. The zero-order valence-electron chi connectivity index (χ0n) is 11.9. The van der Waals surface area contributed by atoms with E-state index in [1.165, 1.54) is 34.8 Å². The van der Waals surface area contributed by atoms with Crippen LogP contribution in [0.25, 0.3) is 0 Å². The molecule has 0 unspecified atom stereocenters. The van der Waals surface area contributed by atoms with E-state index < -0.39 is 0 Å². The summed E-state index contributed by atoms with van der Waals surface area (Å²) in [7, 11) is 0. The van der Waals surface area contributed by atoms with Crippen molar-refractivity contribution in [3.63, 3.8) is 0 Å². The highest BCUT2D eigenvalue weighted by Gasteiger charge is 2.05. The Hall–Kier alpha value is -1.27. The molecule has 0 radical (unpaired) electrons. The lowest BCUT2D eigenvalue weighted by Gasteiger charge is -1.99. The van der Waals surface area contributed by atoms with E-state index in [2.05, 4.69) is 71.4 Å². The molecule has 0 N–H and O–H groups in total. The molecule has 0 saturated carbocycles. The van der Waals surface area contributed by atoms with Crippen LogP contribution in [-0.2, 0) is 6.42 Å². The number of unbranched alkanes of at least 4 members (excludes halogenated alkanes) is 2. The van der Waals surface area contributed by atoms with Crippen molar-refractivity contribution in [2.45, 2.75) is 32.6 Å². The Morgan fingerprint density at radius 2 is 1.65 bits per heavy atom. The highest BCUT2D eigenvalue weighted by Crippen LogP contribution is 2.08. The van der Waals surface area contributed by atoms with Crippen LogP contribution in [0.5, 0.6) is 0 Å². The first-order chi connectivity index (χ1) is 9.88. The van der Waals surface area contributed by atoms with E-state index in [0.717, 1.165) is 5.56 Å². The highest BCUT2D eigenvalue weighted by atomic mass is 127. The van der Waals surface area contributed by atoms with Gasteiger partial charge in [-0.25, -0.2) is 0 Å².